The summed E-state index contributed by atoms with van der Waals surface area (Å²) in [6.07, 6.45) is 3.14. The second-order valence-corrected chi connectivity index (χ2v) is 4.27. The summed E-state index contributed by atoms with van der Waals surface area (Å²) in [5.41, 5.74) is 1.28. The molecule has 0 bridgehead atoms. The Morgan fingerprint density at radius 3 is 3.13 bits per heavy atom. The van der Waals surface area contributed by atoms with E-state index in [1.54, 1.807) is 0 Å². The van der Waals surface area contributed by atoms with Gasteiger partial charge in [-0.05, 0) is 33.0 Å². The van der Waals surface area contributed by atoms with Crippen molar-refractivity contribution in [2.24, 2.45) is 0 Å². The molecule has 1 N–H and O–H groups in total. The highest BCUT2D eigenvalue weighted by atomic mass is 15.3. The Morgan fingerprint density at radius 1 is 1.60 bits per heavy atom. The van der Waals surface area contributed by atoms with E-state index in [2.05, 4.69) is 35.4 Å². The molecule has 1 aliphatic heterocycles. The number of hydrogen-bond acceptors (Lipinski definition) is 3. The number of rotatable bonds is 4. The number of hydrogen-bond donors (Lipinski definition) is 1. The molecule has 1 aromatic rings. The lowest BCUT2D eigenvalue weighted by atomic mass is 10.2. The van der Waals surface area contributed by atoms with E-state index in [4.69, 9.17) is 0 Å². The molecule has 1 aliphatic rings. The molecule has 2 heterocycles. The Kier molecular flexibility index (Phi) is 3.38. The van der Waals surface area contributed by atoms with Gasteiger partial charge in [0.15, 0.2) is 0 Å². The Labute approximate surface area is 91.3 Å². The minimum Gasteiger partial charge on any atom is -0.307 e. The van der Waals surface area contributed by atoms with Crippen LogP contribution >= 0.6 is 0 Å². The zero-order valence-corrected chi connectivity index (χ0v) is 9.61. The molecule has 15 heavy (non-hydrogen) atoms. The maximum absolute atomic E-state index is 4.26. The predicted octanol–water partition coefficient (Wildman–Crippen LogP) is 0.697. The zero-order valence-electron chi connectivity index (χ0n) is 9.61. The first kappa shape index (κ1) is 10.6. The van der Waals surface area contributed by atoms with Crippen LogP contribution in [0.25, 0.3) is 0 Å². The Bertz CT molecular complexity index is 307. The van der Waals surface area contributed by atoms with Gasteiger partial charge in [-0.15, -0.1) is 0 Å². The fourth-order valence-corrected chi connectivity index (χ4v) is 2.15. The summed E-state index contributed by atoms with van der Waals surface area (Å²) >= 11 is 0. The Morgan fingerprint density at radius 2 is 2.47 bits per heavy atom. The molecule has 4 heteroatoms. The van der Waals surface area contributed by atoms with Crippen LogP contribution in [-0.2, 0) is 13.1 Å². The van der Waals surface area contributed by atoms with Crippen LogP contribution in [0.3, 0.4) is 0 Å². The topological polar surface area (TPSA) is 33.1 Å². The van der Waals surface area contributed by atoms with Crippen molar-refractivity contribution in [3.63, 3.8) is 0 Å². The number of aromatic nitrogens is 2. The van der Waals surface area contributed by atoms with E-state index >= 15 is 0 Å². The largest absolute Gasteiger partial charge is 0.307 e. The monoisotopic (exact) mass is 208 g/mol. The molecule has 0 aliphatic carbocycles. The number of likely N-dealkylation sites (tertiary alicyclic amines) is 1. The van der Waals surface area contributed by atoms with Crippen molar-refractivity contribution < 1.29 is 0 Å². The van der Waals surface area contributed by atoms with Crippen molar-refractivity contribution in [3.05, 3.63) is 18.0 Å². The molecular weight excluding hydrogens is 188 g/mol. The highest BCUT2D eigenvalue weighted by molar-refractivity contribution is 5.00. The van der Waals surface area contributed by atoms with Crippen LogP contribution in [0.15, 0.2) is 12.3 Å². The van der Waals surface area contributed by atoms with Gasteiger partial charge in [0.2, 0.25) is 0 Å². The van der Waals surface area contributed by atoms with Crippen molar-refractivity contribution in [2.75, 3.05) is 20.1 Å². The number of nitrogens with one attached hydrogen (secondary N) is 1. The third kappa shape index (κ3) is 2.58. The van der Waals surface area contributed by atoms with Crippen molar-refractivity contribution in [1.82, 2.24) is 20.0 Å². The molecule has 0 spiro atoms. The first-order valence-electron chi connectivity index (χ1n) is 5.72. The minimum absolute atomic E-state index is 0.648. The van der Waals surface area contributed by atoms with Gasteiger partial charge >= 0.3 is 0 Å². The molecule has 0 unspecified atom stereocenters. The predicted molar refractivity (Wildman–Crippen MR) is 60.6 cm³/mol. The highest BCUT2D eigenvalue weighted by Gasteiger charge is 2.18. The van der Waals surface area contributed by atoms with Gasteiger partial charge < -0.3 is 10.2 Å². The molecule has 2 rings (SSSR count). The van der Waals surface area contributed by atoms with E-state index in [1.807, 2.05) is 10.9 Å². The number of nitrogens with zero attached hydrogens (tertiary/aromatic N) is 3. The van der Waals surface area contributed by atoms with E-state index in [9.17, 15) is 0 Å². The molecule has 1 saturated heterocycles. The van der Waals surface area contributed by atoms with E-state index < -0.39 is 0 Å². The van der Waals surface area contributed by atoms with Gasteiger partial charge in [0.25, 0.3) is 0 Å². The molecule has 0 radical (unpaired) electrons. The van der Waals surface area contributed by atoms with Crippen LogP contribution in [0.2, 0.25) is 0 Å². The van der Waals surface area contributed by atoms with Crippen LogP contribution in [0.5, 0.6) is 0 Å². The maximum Gasteiger partial charge on any atom is 0.0522 e. The molecule has 1 fully saturated rings. The van der Waals surface area contributed by atoms with Crippen molar-refractivity contribution in [1.29, 1.82) is 0 Å². The Hall–Kier alpha value is -0.870. The lowest BCUT2D eigenvalue weighted by Gasteiger charge is -2.13. The second-order valence-electron chi connectivity index (χ2n) is 4.27. The van der Waals surface area contributed by atoms with Crippen molar-refractivity contribution in [2.45, 2.75) is 32.5 Å². The molecular formula is C11H20N4. The van der Waals surface area contributed by atoms with E-state index in [0.29, 0.717) is 6.04 Å². The van der Waals surface area contributed by atoms with Crippen LogP contribution in [0, 0.1) is 0 Å². The Balaban J connectivity index is 1.83. The van der Waals surface area contributed by atoms with Crippen molar-refractivity contribution >= 4 is 0 Å². The van der Waals surface area contributed by atoms with Crippen LogP contribution < -0.4 is 5.32 Å². The summed E-state index contributed by atoms with van der Waals surface area (Å²) in [6.45, 7) is 6.39. The number of likely N-dealkylation sites (N-methyl/N-ethyl adjacent to an activating group) is 1. The molecule has 0 saturated carbocycles. The van der Waals surface area contributed by atoms with Crippen molar-refractivity contribution in [3.8, 4) is 0 Å². The van der Waals surface area contributed by atoms with Gasteiger partial charge in [0.1, 0.15) is 0 Å². The van der Waals surface area contributed by atoms with E-state index in [-0.39, 0.29) is 0 Å². The lowest BCUT2D eigenvalue weighted by molar-refractivity contribution is 0.396. The quantitative estimate of drug-likeness (QED) is 0.790. The van der Waals surface area contributed by atoms with Crippen LogP contribution in [0.1, 0.15) is 19.0 Å². The fourth-order valence-electron chi connectivity index (χ4n) is 2.15. The standard InChI is InChI=1S/C11H20N4/c1-3-15-11(4-6-13-15)8-12-10-5-7-14(2)9-10/h4,6,10,12H,3,5,7-9H2,1-2H3/t10-/m1/s1. The molecule has 4 nitrogen and oxygen atoms in total. The summed E-state index contributed by atoms with van der Waals surface area (Å²) in [7, 11) is 2.18. The molecule has 0 amide bonds. The minimum atomic E-state index is 0.648. The average Bonchev–Trinajstić information content (AvgIpc) is 2.83. The first-order valence-corrected chi connectivity index (χ1v) is 5.72. The van der Waals surface area contributed by atoms with Gasteiger partial charge in [-0.2, -0.15) is 5.10 Å². The smallest absolute Gasteiger partial charge is 0.0522 e. The van der Waals surface area contributed by atoms with E-state index in [0.717, 1.165) is 13.1 Å². The zero-order chi connectivity index (χ0) is 10.7. The van der Waals surface area contributed by atoms with Gasteiger partial charge in [-0.1, -0.05) is 0 Å². The summed E-state index contributed by atoms with van der Waals surface area (Å²) in [4.78, 5) is 2.37. The summed E-state index contributed by atoms with van der Waals surface area (Å²) in [5.74, 6) is 0. The molecule has 0 aromatic carbocycles. The van der Waals surface area contributed by atoms with Gasteiger partial charge in [0.05, 0.1) is 5.69 Å². The summed E-state index contributed by atoms with van der Waals surface area (Å²) < 4.78 is 2.05. The number of aryl methyl sites for hydroxylation is 1. The van der Waals surface area contributed by atoms with Gasteiger partial charge in [0, 0.05) is 31.9 Å². The van der Waals surface area contributed by atoms with Crippen LogP contribution in [-0.4, -0.2) is 40.9 Å². The average molecular weight is 208 g/mol. The van der Waals surface area contributed by atoms with Gasteiger partial charge in [-0.25, -0.2) is 0 Å². The normalized spacial score (nSPS) is 22.4. The third-order valence-corrected chi connectivity index (χ3v) is 3.07. The third-order valence-electron chi connectivity index (χ3n) is 3.07. The fraction of sp³-hybridized carbons (Fsp3) is 0.727. The van der Waals surface area contributed by atoms with Gasteiger partial charge in [-0.3, -0.25) is 4.68 Å². The maximum atomic E-state index is 4.26. The molecule has 1 atom stereocenters. The molecule has 84 valence electrons. The second kappa shape index (κ2) is 4.77. The summed E-state index contributed by atoms with van der Waals surface area (Å²) in [6, 6.07) is 2.74. The molecule has 1 aromatic heterocycles. The van der Waals surface area contributed by atoms with E-state index in [1.165, 1.54) is 25.2 Å². The lowest BCUT2D eigenvalue weighted by Crippen LogP contribution is -2.31. The first-order chi connectivity index (χ1) is 7.29. The van der Waals surface area contributed by atoms with Crippen LogP contribution in [0.4, 0.5) is 0 Å². The SMILES string of the molecule is CCn1nccc1CN[C@@H]1CCN(C)C1. The highest BCUT2D eigenvalue weighted by Crippen LogP contribution is 2.07. The summed E-state index contributed by atoms with van der Waals surface area (Å²) in [5, 5.41) is 7.85.